The molecule has 0 radical (unpaired) electrons. The van der Waals surface area contributed by atoms with Crippen LogP contribution in [0, 0.1) is 11.2 Å². The number of nitrogens with one attached hydrogen (secondary N) is 3. The number of carbonyl (C=O) groups excluding carboxylic acids is 1. The second kappa shape index (κ2) is 12.3. The maximum Gasteiger partial charge on any atom is 0.308 e. The molecule has 0 bridgehead atoms. The molecule has 2 unspecified atom stereocenters. The van der Waals surface area contributed by atoms with Crippen molar-refractivity contribution in [3.8, 4) is 17.2 Å². The Morgan fingerprint density at radius 1 is 1.27 bits per heavy atom. The molecule has 1 aromatic heterocycles. The number of amidine groups is 2. The molecule has 2 atom stereocenters. The number of carbonyl (C=O) groups is 1. The highest BCUT2D eigenvalue weighted by Crippen LogP contribution is 2.35. The van der Waals surface area contributed by atoms with Gasteiger partial charge in [-0.1, -0.05) is 0 Å². The number of hydrogen-bond donors (Lipinski definition) is 5. The molecule has 0 amide bonds. The summed E-state index contributed by atoms with van der Waals surface area (Å²) in [7, 11) is 1.43. The van der Waals surface area contributed by atoms with Gasteiger partial charge in [-0.15, -0.1) is 0 Å². The molecule has 6 N–H and O–H groups in total. The second-order valence-electron chi connectivity index (χ2n) is 8.71. The van der Waals surface area contributed by atoms with Crippen LogP contribution < -0.4 is 35.7 Å². The van der Waals surface area contributed by atoms with Crippen molar-refractivity contribution in [3.63, 3.8) is 0 Å². The monoisotopic (exact) mass is 552 g/mol. The zero-order valence-corrected chi connectivity index (χ0v) is 22.0. The lowest BCUT2D eigenvalue weighted by Crippen LogP contribution is -2.41. The number of halogens is 1. The molecule has 1 aliphatic heterocycles. The molecule has 13 nitrogen and oxygen atoms in total. The Hall–Kier alpha value is -4.98. The molecule has 0 aliphatic carbocycles. The Morgan fingerprint density at radius 2 is 2.02 bits per heavy atom. The van der Waals surface area contributed by atoms with Gasteiger partial charge in [0.25, 0.3) is 0 Å². The van der Waals surface area contributed by atoms with Crippen LogP contribution in [0.3, 0.4) is 0 Å². The first kappa shape index (κ1) is 28.0. The molecule has 0 saturated heterocycles. The summed E-state index contributed by atoms with van der Waals surface area (Å²) in [5.41, 5.74) is 9.47. The van der Waals surface area contributed by atoms with Crippen molar-refractivity contribution in [2.45, 2.75) is 26.0 Å². The normalized spacial score (nSPS) is 14.0. The maximum atomic E-state index is 16.0. The van der Waals surface area contributed by atoms with Gasteiger partial charge in [0.1, 0.15) is 42.0 Å². The number of aliphatic imine (C=N–C) groups is 1. The summed E-state index contributed by atoms with van der Waals surface area (Å²) in [6.07, 6.45) is 2.48. The van der Waals surface area contributed by atoms with E-state index in [1.807, 2.05) is 0 Å². The molecule has 3 aromatic rings. The van der Waals surface area contributed by atoms with E-state index >= 15 is 4.39 Å². The smallest absolute Gasteiger partial charge is 0.308 e. The van der Waals surface area contributed by atoms with E-state index in [0.29, 0.717) is 23.2 Å². The average molecular weight is 553 g/mol. The summed E-state index contributed by atoms with van der Waals surface area (Å²) in [4.78, 5) is 24.7. The fraction of sp³-hybridized carbons (Fsp3) is 0.269. The van der Waals surface area contributed by atoms with Crippen LogP contribution in [0.25, 0.3) is 0 Å². The zero-order chi connectivity index (χ0) is 28.8. The fourth-order valence-corrected chi connectivity index (χ4v) is 3.85. The molecule has 1 aliphatic rings. The molecule has 0 fully saturated rings. The SMILES string of the molecule is COc1cc(OC(C)CO)c(F)c(C(Nc2ccc(C(=N)N)c(OC(C)=O)c2)C2=NCN(c3ncccn3)N2)c1. The van der Waals surface area contributed by atoms with E-state index in [1.165, 1.54) is 38.3 Å². The number of hydrazine groups is 1. The van der Waals surface area contributed by atoms with Gasteiger partial charge in [-0.2, -0.15) is 0 Å². The standard InChI is InChI=1S/C26H29FN8O5/c1-14(12-36)39-21-11-17(38-3)10-19(22(21)27)23(25-32-13-35(34-25)26-30-7-4-8-31-26)33-16-5-6-18(24(28)29)20(9-16)40-15(2)37/h4-11,14,23,33,36H,12-13H2,1-3H3,(H3,28,29)(H,32,34). The Morgan fingerprint density at radius 3 is 2.67 bits per heavy atom. The van der Waals surface area contributed by atoms with Crippen molar-refractivity contribution < 1.29 is 28.5 Å². The highest BCUT2D eigenvalue weighted by Gasteiger charge is 2.30. The van der Waals surface area contributed by atoms with Crippen LogP contribution in [0.15, 0.2) is 53.8 Å². The largest absolute Gasteiger partial charge is 0.497 e. The van der Waals surface area contributed by atoms with Crippen LogP contribution in [-0.2, 0) is 4.79 Å². The van der Waals surface area contributed by atoms with E-state index < -0.39 is 23.9 Å². The van der Waals surface area contributed by atoms with Crippen molar-refractivity contribution >= 4 is 29.3 Å². The van der Waals surface area contributed by atoms with Crippen LogP contribution in [0.1, 0.15) is 31.0 Å². The van der Waals surface area contributed by atoms with Gasteiger partial charge >= 0.3 is 5.97 Å². The van der Waals surface area contributed by atoms with Crippen molar-refractivity contribution in [1.29, 1.82) is 5.41 Å². The van der Waals surface area contributed by atoms with Crippen LogP contribution in [0.4, 0.5) is 16.0 Å². The number of esters is 1. The Bertz CT molecular complexity index is 1420. The predicted octanol–water partition coefficient (Wildman–Crippen LogP) is 2.13. The number of methoxy groups -OCH3 is 1. The third-order valence-corrected chi connectivity index (χ3v) is 5.71. The number of nitrogens with two attached hydrogens (primary N) is 1. The molecule has 40 heavy (non-hydrogen) atoms. The van der Waals surface area contributed by atoms with Crippen LogP contribution in [-0.4, -0.2) is 59.2 Å². The first-order valence-corrected chi connectivity index (χ1v) is 12.1. The number of aliphatic hydroxyl groups excluding tert-OH is 1. The van der Waals surface area contributed by atoms with Gasteiger partial charge in [0, 0.05) is 42.7 Å². The van der Waals surface area contributed by atoms with E-state index in [-0.39, 0.29) is 41.7 Å². The topological polar surface area (TPSA) is 180 Å². The molecular formula is C26H29FN8O5. The van der Waals surface area contributed by atoms with Crippen LogP contribution >= 0.6 is 0 Å². The minimum Gasteiger partial charge on any atom is -0.497 e. The first-order chi connectivity index (χ1) is 19.2. The van der Waals surface area contributed by atoms with E-state index in [0.717, 1.165) is 0 Å². The summed E-state index contributed by atoms with van der Waals surface area (Å²) in [5, 5.41) is 22.0. The summed E-state index contributed by atoms with van der Waals surface area (Å²) < 4.78 is 32.3. The highest BCUT2D eigenvalue weighted by atomic mass is 19.1. The number of rotatable bonds is 11. The minimum absolute atomic E-state index is 0.0521. The predicted molar refractivity (Wildman–Crippen MR) is 145 cm³/mol. The van der Waals surface area contributed by atoms with Crippen molar-refractivity contribution in [2.75, 3.05) is 30.7 Å². The first-order valence-electron chi connectivity index (χ1n) is 12.1. The van der Waals surface area contributed by atoms with Gasteiger partial charge in [-0.25, -0.2) is 24.4 Å². The van der Waals surface area contributed by atoms with Gasteiger partial charge < -0.3 is 30.4 Å². The van der Waals surface area contributed by atoms with E-state index in [1.54, 1.807) is 36.5 Å². The van der Waals surface area contributed by atoms with Crippen LogP contribution in [0.2, 0.25) is 0 Å². The third kappa shape index (κ3) is 6.35. The van der Waals surface area contributed by atoms with Crippen molar-refractivity contribution in [2.24, 2.45) is 10.7 Å². The summed E-state index contributed by atoms with van der Waals surface area (Å²) >= 11 is 0. The minimum atomic E-state index is -0.955. The Balaban J connectivity index is 1.78. The van der Waals surface area contributed by atoms with E-state index in [4.69, 9.17) is 25.4 Å². The molecule has 2 heterocycles. The Labute approximate surface area is 229 Å². The molecule has 210 valence electrons. The van der Waals surface area contributed by atoms with Gasteiger partial charge in [0.05, 0.1) is 19.3 Å². The maximum absolute atomic E-state index is 16.0. The average Bonchev–Trinajstić information content (AvgIpc) is 3.43. The molecule has 14 heteroatoms. The lowest BCUT2D eigenvalue weighted by molar-refractivity contribution is -0.131. The van der Waals surface area contributed by atoms with Crippen molar-refractivity contribution in [1.82, 2.24) is 15.4 Å². The van der Waals surface area contributed by atoms with Gasteiger partial charge in [-0.05, 0) is 31.2 Å². The number of benzene rings is 2. The van der Waals surface area contributed by atoms with Gasteiger partial charge in [0.2, 0.25) is 5.95 Å². The van der Waals surface area contributed by atoms with Gasteiger partial charge in [0.15, 0.2) is 11.6 Å². The zero-order valence-electron chi connectivity index (χ0n) is 22.0. The third-order valence-electron chi connectivity index (χ3n) is 5.71. The number of nitrogens with zero attached hydrogens (tertiary/aromatic N) is 4. The van der Waals surface area contributed by atoms with Gasteiger partial charge in [-0.3, -0.25) is 15.6 Å². The quantitative estimate of drug-likeness (QED) is 0.102. The van der Waals surface area contributed by atoms with E-state index in [2.05, 4.69) is 25.7 Å². The number of aliphatic hydroxyl groups is 1. The summed E-state index contributed by atoms with van der Waals surface area (Å²) in [6, 6.07) is 8.19. The lowest BCUT2D eigenvalue weighted by atomic mass is 10.0. The summed E-state index contributed by atoms with van der Waals surface area (Å²) in [6.45, 7) is 2.64. The molecule has 0 saturated carbocycles. The number of nitrogen functional groups attached to an aromatic ring is 1. The Kier molecular flexibility index (Phi) is 8.59. The number of ether oxygens (including phenoxy) is 3. The molecular weight excluding hydrogens is 523 g/mol. The fourth-order valence-electron chi connectivity index (χ4n) is 3.85. The van der Waals surface area contributed by atoms with Crippen molar-refractivity contribution in [3.05, 3.63) is 65.7 Å². The lowest BCUT2D eigenvalue weighted by Gasteiger charge is -2.25. The second-order valence-corrected chi connectivity index (χ2v) is 8.71. The number of anilines is 2. The number of hydrogen-bond acceptors (Lipinski definition) is 12. The van der Waals surface area contributed by atoms with E-state index in [9.17, 15) is 9.90 Å². The molecule has 2 aromatic carbocycles. The highest BCUT2D eigenvalue weighted by molar-refractivity contribution is 5.99. The molecule has 0 spiro atoms. The summed E-state index contributed by atoms with van der Waals surface area (Å²) in [5.74, 6) is -0.710. The number of aromatic nitrogens is 2. The van der Waals surface area contributed by atoms with Crippen LogP contribution in [0.5, 0.6) is 17.2 Å². The molecule has 4 rings (SSSR count).